The Balaban J connectivity index is 1.47. The van der Waals surface area contributed by atoms with Gasteiger partial charge in [0, 0.05) is 45.0 Å². The van der Waals surface area contributed by atoms with Crippen molar-refractivity contribution in [1.82, 2.24) is 15.2 Å². The number of aromatic nitrogens is 1. The average Bonchev–Trinajstić information content (AvgIpc) is 2.70. The van der Waals surface area contributed by atoms with Gasteiger partial charge in [-0.3, -0.25) is 4.90 Å². The van der Waals surface area contributed by atoms with Gasteiger partial charge in [0.1, 0.15) is 6.61 Å². The van der Waals surface area contributed by atoms with Crippen molar-refractivity contribution in [3.8, 4) is 5.88 Å². The van der Waals surface area contributed by atoms with E-state index < -0.39 is 0 Å². The van der Waals surface area contributed by atoms with Gasteiger partial charge in [0.2, 0.25) is 5.88 Å². The minimum atomic E-state index is 0.500. The van der Waals surface area contributed by atoms with E-state index in [0.717, 1.165) is 19.6 Å². The first-order valence-corrected chi connectivity index (χ1v) is 9.81. The predicted molar refractivity (Wildman–Crippen MR) is 108 cm³/mol. The first-order chi connectivity index (χ1) is 13.2. The van der Waals surface area contributed by atoms with Crippen molar-refractivity contribution in [3.63, 3.8) is 0 Å². The largest absolute Gasteiger partial charge is 0.475 e. The Kier molecular flexibility index (Phi) is 7.63. The maximum atomic E-state index is 5.52. The number of likely N-dealkylation sites (tertiary alicyclic amines) is 1. The molecule has 2 aromatic rings. The summed E-state index contributed by atoms with van der Waals surface area (Å²) in [6.45, 7) is 7.57. The Morgan fingerprint density at radius 3 is 2.70 bits per heavy atom. The van der Waals surface area contributed by atoms with Crippen LogP contribution in [0.4, 0.5) is 0 Å². The summed E-state index contributed by atoms with van der Waals surface area (Å²) in [6, 6.07) is 15.2. The van der Waals surface area contributed by atoms with E-state index >= 15 is 0 Å². The fourth-order valence-electron chi connectivity index (χ4n) is 3.47. The Labute approximate surface area is 162 Å². The number of pyridine rings is 1. The Bertz CT molecular complexity index is 663. The molecular formula is C22H31N3O2. The monoisotopic (exact) mass is 369 g/mol. The molecule has 1 aromatic heterocycles. The first-order valence-electron chi connectivity index (χ1n) is 9.81. The van der Waals surface area contributed by atoms with Gasteiger partial charge in [-0.2, -0.15) is 0 Å². The maximum Gasteiger partial charge on any atom is 0.213 e. The molecule has 1 aliphatic rings. The van der Waals surface area contributed by atoms with E-state index in [0.29, 0.717) is 31.1 Å². The van der Waals surface area contributed by atoms with Crippen LogP contribution in [0.25, 0.3) is 0 Å². The highest BCUT2D eigenvalue weighted by atomic mass is 16.5. The normalized spacial score (nSPS) is 20.5. The highest BCUT2D eigenvalue weighted by Gasteiger charge is 2.25. The van der Waals surface area contributed by atoms with E-state index in [4.69, 9.17) is 9.47 Å². The minimum absolute atomic E-state index is 0.500. The molecule has 1 aliphatic heterocycles. The fourth-order valence-corrected chi connectivity index (χ4v) is 3.47. The third-order valence-corrected chi connectivity index (χ3v) is 5.19. The molecule has 1 fully saturated rings. The minimum Gasteiger partial charge on any atom is -0.475 e. The molecule has 0 radical (unpaired) electrons. The number of nitrogens with zero attached hydrogens (tertiary/aromatic N) is 2. The smallest absolute Gasteiger partial charge is 0.213 e. The van der Waals surface area contributed by atoms with Gasteiger partial charge in [0.15, 0.2) is 0 Å². The van der Waals surface area contributed by atoms with E-state index in [2.05, 4.69) is 58.5 Å². The van der Waals surface area contributed by atoms with Crippen molar-refractivity contribution >= 4 is 0 Å². The molecule has 2 heterocycles. The molecule has 27 heavy (non-hydrogen) atoms. The SMILES string of the molecule is COCCOc1ccc(CN[C@H]2CN(Cc3ccccc3)CC[C@@H]2C)cn1. The molecular weight excluding hydrogens is 338 g/mol. The number of ether oxygens (including phenoxy) is 2. The second kappa shape index (κ2) is 10.4. The highest BCUT2D eigenvalue weighted by molar-refractivity contribution is 5.18. The van der Waals surface area contributed by atoms with Gasteiger partial charge in [-0.1, -0.05) is 43.3 Å². The summed E-state index contributed by atoms with van der Waals surface area (Å²) < 4.78 is 10.5. The first kappa shape index (κ1) is 19.8. The lowest BCUT2D eigenvalue weighted by Crippen LogP contribution is -2.49. The van der Waals surface area contributed by atoms with Crippen LogP contribution < -0.4 is 10.1 Å². The number of rotatable bonds is 9. The zero-order valence-electron chi connectivity index (χ0n) is 16.4. The molecule has 5 heteroatoms. The van der Waals surface area contributed by atoms with Crippen LogP contribution in [0.2, 0.25) is 0 Å². The third kappa shape index (κ3) is 6.31. The Hall–Kier alpha value is -1.95. The lowest BCUT2D eigenvalue weighted by molar-refractivity contribution is 0.141. The number of benzene rings is 1. The summed E-state index contributed by atoms with van der Waals surface area (Å²) in [5.41, 5.74) is 2.57. The highest BCUT2D eigenvalue weighted by Crippen LogP contribution is 2.20. The summed E-state index contributed by atoms with van der Waals surface area (Å²) in [6.07, 6.45) is 3.12. The number of methoxy groups -OCH3 is 1. The molecule has 5 nitrogen and oxygen atoms in total. The van der Waals surface area contributed by atoms with E-state index in [1.54, 1.807) is 7.11 Å². The van der Waals surface area contributed by atoms with Crippen LogP contribution in [0.1, 0.15) is 24.5 Å². The molecule has 0 amide bonds. The second-order valence-corrected chi connectivity index (χ2v) is 7.32. The van der Waals surface area contributed by atoms with Gasteiger partial charge < -0.3 is 14.8 Å². The van der Waals surface area contributed by atoms with Gasteiger partial charge in [-0.25, -0.2) is 4.98 Å². The molecule has 1 N–H and O–H groups in total. The lowest BCUT2D eigenvalue weighted by Gasteiger charge is -2.37. The summed E-state index contributed by atoms with van der Waals surface area (Å²) in [4.78, 5) is 6.93. The number of nitrogens with one attached hydrogen (secondary N) is 1. The summed E-state index contributed by atoms with van der Waals surface area (Å²) >= 11 is 0. The molecule has 1 saturated heterocycles. The summed E-state index contributed by atoms with van der Waals surface area (Å²) in [5.74, 6) is 1.33. The zero-order valence-corrected chi connectivity index (χ0v) is 16.4. The second-order valence-electron chi connectivity index (χ2n) is 7.32. The molecule has 0 aliphatic carbocycles. The van der Waals surface area contributed by atoms with Crippen LogP contribution in [0.15, 0.2) is 48.7 Å². The number of hydrogen-bond acceptors (Lipinski definition) is 5. The van der Waals surface area contributed by atoms with E-state index in [-0.39, 0.29) is 0 Å². The van der Waals surface area contributed by atoms with Crippen LogP contribution in [0.3, 0.4) is 0 Å². The number of hydrogen-bond donors (Lipinski definition) is 1. The molecule has 3 rings (SSSR count). The van der Waals surface area contributed by atoms with E-state index in [1.807, 2.05) is 12.3 Å². The van der Waals surface area contributed by atoms with Crippen molar-refractivity contribution in [1.29, 1.82) is 0 Å². The average molecular weight is 370 g/mol. The molecule has 0 bridgehead atoms. The van der Waals surface area contributed by atoms with Crippen LogP contribution >= 0.6 is 0 Å². The quantitative estimate of drug-likeness (QED) is 0.688. The van der Waals surface area contributed by atoms with E-state index in [1.165, 1.54) is 24.1 Å². The van der Waals surface area contributed by atoms with Crippen LogP contribution in [0, 0.1) is 5.92 Å². The van der Waals surface area contributed by atoms with Gasteiger partial charge in [0.05, 0.1) is 6.61 Å². The zero-order chi connectivity index (χ0) is 18.9. The third-order valence-electron chi connectivity index (χ3n) is 5.19. The topological polar surface area (TPSA) is 46.6 Å². The van der Waals surface area contributed by atoms with Crippen LogP contribution in [-0.2, 0) is 17.8 Å². The van der Waals surface area contributed by atoms with Gasteiger partial charge in [0.25, 0.3) is 0 Å². The van der Waals surface area contributed by atoms with Crippen LogP contribution in [0.5, 0.6) is 5.88 Å². The van der Waals surface area contributed by atoms with Crippen molar-refractivity contribution in [3.05, 3.63) is 59.8 Å². The molecule has 2 atom stereocenters. The molecule has 0 spiro atoms. The fraction of sp³-hybridized carbons (Fsp3) is 0.500. The maximum absolute atomic E-state index is 5.52. The van der Waals surface area contributed by atoms with Crippen molar-refractivity contribution in [2.45, 2.75) is 32.5 Å². The van der Waals surface area contributed by atoms with Crippen molar-refractivity contribution < 1.29 is 9.47 Å². The molecule has 1 aromatic carbocycles. The van der Waals surface area contributed by atoms with E-state index in [9.17, 15) is 0 Å². The lowest BCUT2D eigenvalue weighted by atomic mass is 9.93. The Morgan fingerprint density at radius 1 is 1.11 bits per heavy atom. The Morgan fingerprint density at radius 2 is 1.96 bits per heavy atom. The van der Waals surface area contributed by atoms with Gasteiger partial charge in [-0.05, 0) is 30.0 Å². The van der Waals surface area contributed by atoms with Gasteiger partial charge in [-0.15, -0.1) is 0 Å². The van der Waals surface area contributed by atoms with Crippen molar-refractivity contribution in [2.75, 3.05) is 33.4 Å². The molecule has 0 unspecified atom stereocenters. The standard InChI is InChI=1S/C22H31N3O2/c1-18-10-11-25(16-19-6-4-3-5-7-19)17-21(18)23-14-20-8-9-22(24-15-20)27-13-12-26-2/h3-9,15,18,21,23H,10-14,16-17H2,1-2H3/t18-,21-/m0/s1. The number of piperidine rings is 1. The predicted octanol–water partition coefficient (Wildman–Crippen LogP) is 3.11. The van der Waals surface area contributed by atoms with Crippen molar-refractivity contribution in [2.24, 2.45) is 5.92 Å². The summed E-state index contributed by atoms with van der Waals surface area (Å²) in [7, 11) is 1.67. The summed E-state index contributed by atoms with van der Waals surface area (Å²) in [5, 5.41) is 3.73. The van der Waals surface area contributed by atoms with Gasteiger partial charge >= 0.3 is 0 Å². The molecule has 146 valence electrons. The van der Waals surface area contributed by atoms with Crippen LogP contribution in [-0.4, -0.2) is 49.3 Å². The molecule has 0 saturated carbocycles.